The predicted octanol–water partition coefficient (Wildman–Crippen LogP) is 1.23. The number of nitrogens with one attached hydrogen (secondary N) is 3. The van der Waals surface area contributed by atoms with E-state index in [-0.39, 0.29) is 58.9 Å². The molecule has 21 nitrogen and oxygen atoms in total. The van der Waals surface area contributed by atoms with Crippen molar-refractivity contribution in [3.63, 3.8) is 0 Å². The molecule has 0 spiro atoms. The van der Waals surface area contributed by atoms with Gasteiger partial charge in [-0.2, -0.15) is 19.7 Å². The van der Waals surface area contributed by atoms with Crippen LogP contribution in [0.5, 0.6) is 0 Å². The van der Waals surface area contributed by atoms with Gasteiger partial charge in [0.15, 0.2) is 5.52 Å². The number of imidazole rings is 2. The topological polar surface area (TPSA) is 287 Å². The van der Waals surface area contributed by atoms with Gasteiger partial charge in [-0.25, -0.2) is 9.99 Å². The van der Waals surface area contributed by atoms with Crippen LogP contribution >= 0.6 is 0 Å². The summed E-state index contributed by atoms with van der Waals surface area (Å²) in [4.78, 5) is 62.2. The normalized spacial score (nSPS) is 13.8. The summed E-state index contributed by atoms with van der Waals surface area (Å²) in [6, 6.07) is 4.81. The number of primary amides is 2. The molecule has 0 aliphatic carbocycles. The van der Waals surface area contributed by atoms with Crippen LogP contribution in [0.1, 0.15) is 73.3 Å². The molecule has 7 rings (SSSR count). The lowest BCUT2D eigenvalue weighted by Gasteiger charge is -2.18. The van der Waals surface area contributed by atoms with Crippen molar-refractivity contribution in [1.82, 2.24) is 38.7 Å². The maximum atomic E-state index is 13.9. The van der Waals surface area contributed by atoms with E-state index in [0.29, 0.717) is 71.9 Å². The summed E-state index contributed by atoms with van der Waals surface area (Å²) in [5.41, 5.74) is 29.1. The fourth-order valence-electron chi connectivity index (χ4n) is 7.11. The molecule has 11 N–H and O–H groups in total. The average Bonchev–Trinajstić information content (AvgIpc) is 3.89. The molecule has 6 heterocycles. The van der Waals surface area contributed by atoms with Crippen LogP contribution in [0.4, 0.5) is 29.0 Å². The number of carbonyl (C=O) groups excluding carboxylic acids is 4. The van der Waals surface area contributed by atoms with Gasteiger partial charge < -0.3 is 32.8 Å². The van der Waals surface area contributed by atoms with Gasteiger partial charge in [-0.1, -0.05) is 6.08 Å². The second-order valence-electron chi connectivity index (χ2n) is 13.9. The molecule has 0 saturated carbocycles. The Hall–Kier alpha value is -7.45. The number of anilines is 5. The SMILES string of the molecule is CCn1nc(C)c(N)c1C(=O)Nc1nc2cc(C(N)=O)cc3c2n1C/C=C/Cn1c(NC(=O)c2c(N)c(C)nn2CC)nc2cc(C(N)=O)c[n+](c21)N(C)CCCN3. The minimum atomic E-state index is -0.652. The van der Waals surface area contributed by atoms with E-state index < -0.39 is 23.6 Å². The Morgan fingerprint density at radius 3 is 1.90 bits per heavy atom. The van der Waals surface area contributed by atoms with Crippen LogP contribution in [0, 0.1) is 13.8 Å². The number of pyridine rings is 1. The highest BCUT2D eigenvalue weighted by molar-refractivity contribution is 6.08. The van der Waals surface area contributed by atoms with E-state index in [1.807, 2.05) is 42.6 Å². The number of aromatic nitrogens is 9. The van der Waals surface area contributed by atoms with Gasteiger partial charge in [0.05, 0.1) is 51.6 Å². The first kappa shape index (κ1) is 38.8. The number of nitrogens with two attached hydrogens (primary N) is 4. The zero-order chi connectivity index (χ0) is 41.6. The quantitative estimate of drug-likeness (QED) is 0.0847. The Morgan fingerprint density at radius 2 is 1.33 bits per heavy atom. The fourth-order valence-corrected chi connectivity index (χ4v) is 7.11. The number of allylic oxidation sites excluding steroid dienone is 2. The molecular weight excluding hydrogens is 747 g/mol. The number of carbonyl (C=O) groups is 4. The van der Waals surface area contributed by atoms with Crippen molar-refractivity contribution in [1.29, 1.82) is 0 Å². The average molecular weight is 793 g/mol. The number of aryl methyl sites for hydroxylation is 4. The Morgan fingerprint density at radius 1 is 0.793 bits per heavy atom. The van der Waals surface area contributed by atoms with Gasteiger partial charge in [0.2, 0.25) is 11.9 Å². The van der Waals surface area contributed by atoms with E-state index in [0.717, 1.165) is 0 Å². The first-order valence-corrected chi connectivity index (χ1v) is 18.7. The van der Waals surface area contributed by atoms with Gasteiger partial charge in [-0.05, 0) is 58.4 Å². The first-order valence-electron chi connectivity index (χ1n) is 18.7. The smallest absolute Gasteiger partial charge is 0.334 e. The Balaban J connectivity index is 1.35. The summed E-state index contributed by atoms with van der Waals surface area (Å²) in [5, 5.41) is 20.0. The Kier molecular flexibility index (Phi) is 10.2. The highest BCUT2D eigenvalue weighted by Crippen LogP contribution is 2.31. The number of rotatable bonds is 8. The molecule has 21 heteroatoms. The second kappa shape index (κ2) is 15.2. The summed E-state index contributed by atoms with van der Waals surface area (Å²) < 4.78 is 8.44. The molecule has 5 aromatic heterocycles. The van der Waals surface area contributed by atoms with E-state index in [9.17, 15) is 19.2 Å². The molecule has 4 amide bonds. The molecule has 0 fully saturated rings. The van der Waals surface area contributed by atoms with Crippen LogP contribution in [0.2, 0.25) is 0 Å². The van der Waals surface area contributed by atoms with Crippen molar-refractivity contribution >= 4 is 74.8 Å². The summed E-state index contributed by atoms with van der Waals surface area (Å²) in [7, 11) is 1.85. The molecule has 0 bridgehead atoms. The number of hydrogen-bond donors (Lipinski definition) is 7. The molecule has 0 atom stereocenters. The molecule has 0 radical (unpaired) electrons. The zero-order valence-corrected chi connectivity index (χ0v) is 32.8. The minimum Gasteiger partial charge on any atom is -0.395 e. The van der Waals surface area contributed by atoms with E-state index in [4.69, 9.17) is 32.9 Å². The monoisotopic (exact) mass is 792 g/mol. The molecule has 58 heavy (non-hydrogen) atoms. The second-order valence-corrected chi connectivity index (χ2v) is 13.9. The standard InChI is InChI=1S/C37H45N17O4/c1-6-52-29(26(38)19(3)47-52)33(57)45-36-43-24-16-21(31(40)55)15-23-28(24)50(36)13-8-9-14-51-35-25(17-22(32(41)56)18-54(35)49(5)12-10-11-42-23)44-37(51)46-34(58)30-27(39)20(4)48-53(30)7-2/h8-9,15-18,42H,6-7,10-14H2,1-5H3,(H9-,38,39,40,41,43,44,45,46,55,56,57,58)/p+1/b9-8+. The van der Waals surface area contributed by atoms with Gasteiger partial charge >= 0.3 is 11.6 Å². The summed E-state index contributed by atoms with van der Waals surface area (Å²) in [5.74, 6) is -1.94. The van der Waals surface area contributed by atoms with Crippen LogP contribution in [-0.4, -0.2) is 82.4 Å². The molecule has 6 aromatic rings. The van der Waals surface area contributed by atoms with Crippen molar-refractivity contribution < 1.29 is 23.9 Å². The summed E-state index contributed by atoms with van der Waals surface area (Å²) >= 11 is 0. The largest absolute Gasteiger partial charge is 0.395 e. The molecule has 302 valence electrons. The van der Waals surface area contributed by atoms with Gasteiger partial charge in [-0.3, -0.25) is 39.2 Å². The number of amides is 4. The number of hydrogen-bond acceptors (Lipinski definition) is 12. The third-order valence-corrected chi connectivity index (χ3v) is 10.1. The van der Waals surface area contributed by atoms with Crippen LogP contribution < -0.4 is 48.6 Å². The lowest BCUT2D eigenvalue weighted by atomic mass is 10.1. The van der Waals surface area contributed by atoms with Crippen molar-refractivity contribution in [3.05, 3.63) is 70.5 Å². The minimum absolute atomic E-state index is 0.183. The van der Waals surface area contributed by atoms with Gasteiger partial charge in [0.1, 0.15) is 24.1 Å². The number of nitrogen functional groups attached to an aromatic ring is 2. The molecule has 0 unspecified atom stereocenters. The molecular formula is C37H46N17O4+. The maximum absolute atomic E-state index is 13.9. The van der Waals surface area contributed by atoms with Crippen LogP contribution in [0.15, 0.2) is 36.5 Å². The van der Waals surface area contributed by atoms with Crippen LogP contribution in [0.25, 0.3) is 22.2 Å². The predicted molar refractivity (Wildman–Crippen MR) is 218 cm³/mol. The molecule has 1 aliphatic rings. The van der Waals surface area contributed by atoms with Crippen LogP contribution in [0.3, 0.4) is 0 Å². The Labute approximate surface area is 331 Å². The van der Waals surface area contributed by atoms with Crippen LogP contribution in [-0.2, 0) is 26.2 Å². The van der Waals surface area contributed by atoms with Crippen molar-refractivity contribution in [2.24, 2.45) is 11.5 Å². The highest BCUT2D eigenvalue weighted by Gasteiger charge is 2.30. The number of benzene rings is 1. The first-order chi connectivity index (χ1) is 27.7. The van der Waals surface area contributed by atoms with Crippen molar-refractivity contribution in [2.45, 2.75) is 60.3 Å². The third-order valence-electron chi connectivity index (χ3n) is 10.1. The lowest BCUT2D eigenvalue weighted by molar-refractivity contribution is -0.667. The van der Waals surface area contributed by atoms with E-state index >= 15 is 0 Å². The fraction of sp³-hybridized carbons (Fsp3) is 0.324. The zero-order valence-electron chi connectivity index (χ0n) is 32.8. The highest BCUT2D eigenvalue weighted by atomic mass is 16.2. The van der Waals surface area contributed by atoms with E-state index in [2.05, 4.69) is 26.1 Å². The van der Waals surface area contributed by atoms with E-state index in [1.165, 1.54) is 9.36 Å². The molecule has 1 aliphatic heterocycles. The number of nitrogens with zero attached hydrogens (tertiary/aromatic N) is 10. The summed E-state index contributed by atoms with van der Waals surface area (Å²) in [6.45, 7) is 9.28. The summed E-state index contributed by atoms with van der Waals surface area (Å²) in [6.07, 6.45) is 5.93. The van der Waals surface area contributed by atoms with Gasteiger partial charge in [-0.15, -0.1) is 4.68 Å². The maximum Gasteiger partial charge on any atom is 0.334 e. The van der Waals surface area contributed by atoms with Crippen molar-refractivity contribution in [3.8, 4) is 0 Å². The molecule has 0 saturated heterocycles. The van der Waals surface area contributed by atoms with Crippen molar-refractivity contribution in [2.75, 3.05) is 52.6 Å². The van der Waals surface area contributed by atoms with Gasteiger partial charge in [0, 0.05) is 38.8 Å². The molecule has 1 aromatic carbocycles. The third kappa shape index (κ3) is 6.85. The van der Waals surface area contributed by atoms with E-state index in [1.54, 1.807) is 47.5 Å². The Bertz CT molecular complexity index is 2680. The van der Waals surface area contributed by atoms with Gasteiger partial charge in [0.25, 0.3) is 17.7 Å². The lowest BCUT2D eigenvalue weighted by Crippen LogP contribution is -2.57.